The van der Waals surface area contributed by atoms with Crippen molar-refractivity contribution in [3.8, 4) is 11.5 Å². The Bertz CT molecular complexity index is 556. The fraction of sp³-hybridized carbons (Fsp3) is 0.286. The lowest BCUT2D eigenvalue weighted by Gasteiger charge is -2.19. The molecule has 3 nitrogen and oxygen atoms in total. The molecule has 2 rings (SSSR count). The van der Waals surface area contributed by atoms with Crippen molar-refractivity contribution in [2.45, 2.75) is 6.04 Å². The molecule has 1 aromatic carbocycles. The Morgan fingerprint density at radius 2 is 1.95 bits per heavy atom. The highest BCUT2D eigenvalue weighted by molar-refractivity contribution is 7.16. The van der Waals surface area contributed by atoms with E-state index in [-0.39, 0.29) is 6.04 Å². The van der Waals surface area contributed by atoms with Crippen LogP contribution in [0.5, 0.6) is 11.5 Å². The van der Waals surface area contributed by atoms with E-state index >= 15 is 0 Å². The molecule has 0 saturated carbocycles. The fourth-order valence-corrected chi connectivity index (χ4v) is 3.26. The van der Waals surface area contributed by atoms with Crippen molar-refractivity contribution >= 4 is 22.9 Å². The van der Waals surface area contributed by atoms with E-state index in [1.807, 2.05) is 37.4 Å². The Hall–Kier alpha value is -1.23. The summed E-state index contributed by atoms with van der Waals surface area (Å²) in [6.45, 7) is 0. The Kier molecular flexibility index (Phi) is 4.69. The molecule has 1 unspecified atom stereocenters. The Morgan fingerprint density at radius 3 is 2.47 bits per heavy atom. The largest absolute Gasteiger partial charge is 0.493 e. The number of rotatable bonds is 5. The second-order valence-electron chi connectivity index (χ2n) is 3.95. The first-order chi connectivity index (χ1) is 9.21. The maximum absolute atomic E-state index is 6.02. The van der Waals surface area contributed by atoms with Crippen molar-refractivity contribution in [2.75, 3.05) is 21.3 Å². The van der Waals surface area contributed by atoms with Crippen molar-refractivity contribution in [3.63, 3.8) is 0 Å². The summed E-state index contributed by atoms with van der Waals surface area (Å²) in [5.74, 6) is 1.47. The summed E-state index contributed by atoms with van der Waals surface area (Å²) >= 11 is 7.57. The Labute approximate surface area is 122 Å². The number of nitrogens with one attached hydrogen (secondary N) is 1. The van der Waals surface area contributed by atoms with Crippen LogP contribution in [0.1, 0.15) is 16.5 Å². The zero-order valence-electron chi connectivity index (χ0n) is 11.1. The number of ether oxygens (including phenoxy) is 2. The standard InChI is InChI=1S/C14H16ClNO2S/c1-16-13(11-7-8-12(15)19-11)9-5-4-6-10(17-2)14(9)18-3/h4-8,13,16H,1-3H3. The van der Waals surface area contributed by atoms with Crippen molar-refractivity contribution < 1.29 is 9.47 Å². The van der Waals surface area contributed by atoms with Crippen LogP contribution in [0.25, 0.3) is 0 Å². The molecule has 19 heavy (non-hydrogen) atoms. The molecule has 2 aromatic rings. The van der Waals surface area contributed by atoms with Gasteiger partial charge < -0.3 is 14.8 Å². The van der Waals surface area contributed by atoms with Crippen molar-refractivity contribution in [3.05, 3.63) is 45.1 Å². The van der Waals surface area contributed by atoms with Crippen LogP contribution in [-0.4, -0.2) is 21.3 Å². The molecule has 5 heteroatoms. The van der Waals surface area contributed by atoms with Crippen molar-refractivity contribution in [1.29, 1.82) is 0 Å². The van der Waals surface area contributed by atoms with Gasteiger partial charge in [-0.05, 0) is 25.2 Å². The van der Waals surface area contributed by atoms with E-state index in [1.54, 1.807) is 25.6 Å². The molecule has 0 aliphatic heterocycles. The third kappa shape index (κ3) is 2.86. The van der Waals surface area contributed by atoms with Gasteiger partial charge in [-0.25, -0.2) is 0 Å². The molecule has 1 N–H and O–H groups in total. The molecule has 0 saturated heterocycles. The first-order valence-corrected chi connectivity index (χ1v) is 7.04. The van der Waals surface area contributed by atoms with E-state index < -0.39 is 0 Å². The van der Waals surface area contributed by atoms with Gasteiger partial charge in [0.1, 0.15) is 0 Å². The van der Waals surface area contributed by atoms with Gasteiger partial charge in [0.2, 0.25) is 0 Å². The SMILES string of the molecule is CNC(c1ccc(Cl)s1)c1cccc(OC)c1OC. The average Bonchev–Trinajstić information content (AvgIpc) is 2.85. The molecular weight excluding hydrogens is 282 g/mol. The fourth-order valence-electron chi connectivity index (χ4n) is 2.07. The number of hydrogen-bond acceptors (Lipinski definition) is 4. The molecule has 0 aliphatic rings. The van der Waals surface area contributed by atoms with E-state index in [4.69, 9.17) is 21.1 Å². The Morgan fingerprint density at radius 1 is 1.16 bits per heavy atom. The zero-order chi connectivity index (χ0) is 13.8. The van der Waals surface area contributed by atoms with Crippen molar-refractivity contribution in [1.82, 2.24) is 5.32 Å². The van der Waals surface area contributed by atoms with Crippen LogP contribution < -0.4 is 14.8 Å². The van der Waals surface area contributed by atoms with Gasteiger partial charge in [0, 0.05) is 10.4 Å². The molecule has 1 atom stereocenters. The minimum absolute atomic E-state index is 0.0301. The highest BCUT2D eigenvalue weighted by Crippen LogP contribution is 2.39. The van der Waals surface area contributed by atoms with E-state index in [0.717, 1.165) is 26.3 Å². The number of methoxy groups -OCH3 is 2. The molecular formula is C14H16ClNO2S. The van der Waals surface area contributed by atoms with E-state index in [2.05, 4.69) is 5.32 Å². The molecule has 102 valence electrons. The first kappa shape index (κ1) is 14.2. The monoisotopic (exact) mass is 297 g/mol. The lowest BCUT2D eigenvalue weighted by atomic mass is 10.0. The zero-order valence-corrected chi connectivity index (χ0v) is 12.6. The second kappa shape index (κ2) is 6.28. The summed E-state index contributed by atoms with van der Waals surface area (Å²) in [4.78, 5) is 1.14. The third-order valence-electron chi connectivity index (χ3n) is 2.91. The van der Waals surface area contributed by atoms with Crippen LogP contribution in [-0.2, 0) is 0 Å². The third-order valence-corrected chi connectivity index (χ3v) is 4.21. The van der Waals surface area contributed by atoms with Crippen LogP contribution in [0.15, 0.2) is 30.3 Å². The minimum atomic E-state index is 0.0301. The lowest BCUT2D eigenvalue weighted by Crippen LogP contribution is -2.17. The summed E-state index contributed by atoms with van der Waals surface area (Å²) in [7, 11) is 5.20. The summed E-state index contributed by atoms with van der Waals surface area (Å²) in [5, 5.41) is 3.29. The molecule has 0 aliphatic carbocycles. The molecule has 0 spiro atoms. The van der Waals surface area contributed by atoms with Crippen LogP contribution >= 0.6 is 22.9 Å². The highest BCUT2D eigenvalue weighted by atomic mass is 35.5. The predicted molar refractivity (Wildman–Crippen MR) is 79.8 cm³/mol. The van der Waals surface area contributed by atoms with Gasteiger partial charge in [0.25, 0.3) is 0 Å². The maximum Gasteiger partial charge on any atom is 0.165 e. The topological polar surface area (TPSA) is 30.5 Å². The molecule has 1 aromatic heterocycles. The van der Waals surface area contributed by atoms with Crippen molar-refractivity contribution in [2.24, 2.45) is 0 Å². The van der Waals surface area contributed by atoms with Gasteiger partial charge in [-0.15, -0.1) is 11.3 Å². The highest BCUT2D eigenvalue weighted by Gasteiger charge is 2.20. The number of hydrogen-bond donors (Lipinski definition) is 1. The van der Waals surface area contributed by atoms with Crippen LogP contribution in [0.4, 0.5) is 0 Å². The smallest absolute Gasteiger partial charge is 0.165 e. The number of halogens is 1. The van der Waals surface area contributed by atoms with E-state index in [9.17, 15) is 0 Å². The number of para-hydroxylation sites is 1. The van der Waals surface area contributed by atoms with Crippen LogP contribution in [0.3, 0.4) is 0 Å². The van der Waals surface area contributed by atoms with Gasteiger partial charge in [0.15, 0.2) is 11.5 Å². The van der Waals surface area contributed by atoms with Gasteiger partial charge in [-0.2, -0.15) is 0 Å². The average molecular weight is 298 g/mol. The Balaban J connectivity index is 2.49. The summed E-state index contributed by atoms with van der Waals surface area (Å²) in [5.41, 5.74) is 1.03. The summed E-state index contributed by atoms with van der Waals surface area (Å²) in [6, 6.07) is 9.82. The first-order valence-electron chi connectivity index (χ1n) is 5.84. The van der Waals surface area contributed by atoms with E-state index in [0.29, 0.717) is 0 Å². The lowest BCUT2D eigenvalue weighted by molar-refractivity contribution is 0.349. The van der Waals surface area contributed by atoms with Crippen LogP contribution in [0.2, 0.25) is 4.34 Å². The second-order valence-corrected chi connectivity index (χ2v) is 5.69. The summed E-state index contributed by atoms with van der Waals surface area (Å²) < 4.78 is 11.6. The summed E-state index contributed by atoms with van der Waals surface area (Å²) in [6.07, 6.45) is 0. The number of benzene rings is 1. The van der Waals surface area contributed by atoms with Gasteiger partial charge in [-0.3, -0.25) is 0 Å². The molecule has 1 heterocycles. The molecule has 0 fully saturated rings. The maximum atomic E-state index is 6.02. The molecule has 0 bridgehead atoms. The molecule has 0 amide bonds. The van der Waals surface area contributed by atoms with Gasteiger partial charge >= 0.3 is 0 Å². The quantitative estimate of drug-likeness (QED) is 0.912. The molecule has 0 radical (unpaired) electrons. The normalized spacial score (nSPS) is 12.2. The van der Waals surface area contributed by atoms with Gasteiger partial charge in [-0.1, -0.05) is 23.7 Å². The van der Waals surface area contributed by atoms with E-state index in [1.165, 1.54) is 0 Å². The van der Waals surface area contributed by atoms with Crippen LogP contribution in [0, 0.1) is 0 Å². The minimum Gasteiger partial charge on any atom is -0.493 e. The number of thiophene rings is 1. The predicted octanol–water partition coefficient (Wildman–Crippen LogP) is 3.73. The van der Waals surface area contributed by atoms with Gasteiger partial charge in [0.05, 0.1) is 24.6 Å².